The van der Waals surface area contributed by atoms with Crippen LogP contribution in [-0.2, 0) is 19.1 Å². The highest BCUT2D eigenvalue weighted by molar-refractivity contribution is 5.69. The first-order valence-electron chi connectivity index (χ1n) is 13.4. The summed E-state index contributed by atoms with van der Waals surface area (Å²) in [6.07, 6.45) is 17.9. The van der Waals surface area contributed by atoms with E-state index in [1.165, 1.54) is 32.1 Å². The minimum atomic E-state index is -0.0338. The number of carbonyl (C=O) groups is 2. The molecule has 0 aromatic carbocycles. The van der Waals surface area contributed by atoms with Crippen LogP contribution in [0.3, 0.4) is 0 Å². The molecule has 0 saturated carbocycles. The zero-order chi connectivity index (χ0) is 23.2. The summed E-state index contributed by atoms with van der Waals surface area (Å²) in [7, 11) is 0. The van der Waals surface area contributed by atoms with Gasteiger partial charge in [0.1, 0.15) is 0 Å². The van der Waals surface area contributed by atoms with E-state index in [0.717, 1.165) is 64.2 Å². The Morgan fingerprint density at radius 3 is 1.23 bits per heavy atom. The lowest BCUT2D eigenvalue weighted by molar-refractivity contribution is -0.146. The van der Waals surface area contributed by atoms with E-state index in [2.05, 4.69) is 27.7 Å². The Labute approximate surface area is 193 Å². The van der Waals surface area contributed by atoms with Gasteiger partial charge in [0.15, 0.2) is 0 Å². The smallest absolute Gasteiger partial charge is 0.305 e. The van der Waals surface area contributed by atoms with Crippen molar-refractivity contribution in [2.24, 2.45) is 11.8 Å². The average Bonchev–Trinajstić information content (AvgIpc) is 2.78. The third kappa shape index (κ3) is 19.4. The molecule has 0 aliphatic carbocycles. The van der Waals surface area contributed by atoms with Crippen LogP contribution in [0.4, 0.5) is 0 Å². The standard InChI is InChI=1S/C27H52O4/c1-5-9-18-24(7-3)22-30-26(28)20-16-14-12-11-13-15-17-21-27(29)31-23-25(8-4)19-10-6-2/h24-25H,5-23H2,1-4H3. The number of hydrogen-bond acceptors (Lipinski definition) is 4. The topological polar surface area (TPSA) is 52.6 Å². The molecule has 184 valence electrons. The van der Waals surface area contributed by atoms with Crippen LogP contribution in [0.2, 0.25) is 0 Å². The van der Waals surface area contributed by atoms with Gasteiger partial charge in [-0.15, -0.1) is 0 Å². The van der Waals surface area contributed by atoms with Crippen molar-refractivity contribution in [3.8, 4) is 0 Å². The fourth-order valence-electron chi connectivity index (χ4n) is 3.78. The molecule has 0 fully saturated rings. The van der Waals surface area contributed by atoms with Crippen molar-refractivity contribution in [2.45, 2.75) is 137 Å². The third-order valence-electron chi connectivity index (χ3n) is 6.31. The Hall–Kier alpha value is -1.06. The van der Waals surface area contributed by atoms with Gasteiger partial charge in [-0.05, 0) is 37.5 Å². The van der Waals surface area contributed by atoms with Gasteiger partial charge in [-0.25, -0.2) is 0 Å². The maximum absolute atomic E-state index is 11.9. The van der Waals surface area contributed by atoms with Crippen molar-refractivity contribution in [3.05, 3.63) is 0 Å². The van der Waals surface area contributed by atoms with Gasteiger partial charge in [-0.2, -0.15) is 0 Å². The number of hydrogen-bond donors (Lipinski definition) is 0. The third-order valence-corrected chi connectivity index (χ3v) is 6.31. The van der Waals surface area contributed by atoms with Crippen molar-refractivity contribution < 1.29 is 19.1 Å². The van der Waals surface area contributed by atoms with Gasteiger partial charge in [-0.3, -0.25) is 9.59 Å². The van der Waals surface area contributed by atoms with Crippen LogP contribution >= 0.6 is 0 Å². The van der Waals surface area contributed by atoms with Crippen LogP contribution in [0.15, 0.2) is 0 Å². The molecule has 4 nitrogen and oxygen atoms in total. The van der Waals surface area contributed by atoms with Crippen LogP contribution in [0.25, 0.3) is 0 Å². The minimum Gasteiger partial charge on any atom is -0.465 e. The first kappa shape index (κ1) is 29.9. The minimum absolute atomic E-state index is 0.0338. The summed E-state index contributed by atoms with van der Waals surface area (Å²) in [6.45, 7) is 9.93. The molecule has 0 aromatic rings. The van der Waals surface area contributed by atoms with Crippen LogP contribution < -0.4 is 0 Å². The summed E-state index contributed by atoms with van der Waals surface area (Å²) >= 11 is 0. The molecule has 31 heavy (non-hydrogen) atoms. The molecular formula is C27H52O4. The number of rotatable bonds is 22. The van der Waals surface area contributed by atoms with E-state index < -0.39 is 0 Å². The van der Waals surface area contributed by atoms with Crippen LogP contribution in [0, 0.1) is 11.8 Å². The molecule has 0 bridgehead atoms. The van der Waals surface area contributed by atoms with Gasteiger partial charge in [-0.1, -0.05) is 98.3 Å². The van der Waals surface area contributed by atoms with E-state index in [-0.39, 0.29) is 11.9 Å². The second-order valence-electron chi connectivity index (χ2n) is 9.17. The zero-order valence-corrected chi connectivity index (χ0v) is 21.2. The summed E-state index contributed by atoms with van der Waals surface area (Å²) < 4.78 is 10.9. The second-order valence-corrected chi connectivity index (χ2v) is 9.17. The van der Waals surface area contributed by atoms with Gasteiger partial charge in [0, 0.05) is 12.8 Å². The van der Waals surface area contributed by atoms with Gasteiger partial charge in [0.05, 0.1) is 13.2 Å². The summed E-state index contributed by atoms with van der Waals surface area (Å²) in [6, 6.07) is 0. The van der Waals surface area contributed by atoms with Crippen molar-refractivity contribution in [3.63, 3.8) is 0 Å². The quantitative estimate of drug-likeness (QED) is 0.126. The van der Waals surface area contributed by atoms with Crippen molar-refractivity contribution in [2.75, 3.05) is 13.2 Å². The van der Waals surface area contributed by atoms with Crippen LogP contribution in [0.5, 0.6) is 0 Å². The predicted octanol–water partition coefficient (Wildman–Crippen LogP) is 8.02. The molecule has 4 heteroatoms. The van der Waals surface area contributed by atoms with E-state index in [4.69, 9.17) is 9.47 Å². The van der Waals surface area contributed by atoms with Crippen molar-refractivity contribution in [1.29, 1.82) is 0 Å². The van der Waals surface area contributed by atoms with E-state index in [9.17, 15) is 9.59 Å². The van der Waals surface area contributed by atoms with Gasteiger partial charge >= 0.3 is 11.9 Å². The largest absolute Gasteiger partial charge is 0.465 e. The number of unbranched alkanes of at least 4 members (excludes halogenated alkanes) is 8. The summed E-state index contributed by atoms with van der Waals surface area (Å²) in [5, 5.41) is 0. The SMILES string of the molecule is CCCCC(CC)COC(=O)CCCCCCCCCC(=O)OCC(CC)CCCC. The van der Waals surface area contributed by atoms with Gasteiger partial charge in [0.25, 0.3) is 0 Å². The Bertz CT molecular complexity index is 383. The molecule has 0 aromatic heterocycles. The lowest BCUT2D eigenvalue weighted by Crippen LogP contribution is -2.13. The number of carbonyl (C=O) groups excluding carboxylic acids is 2. The Morgan fingerprint density at radius 2 is 0.903 bits per heavy atom. The molecule has 2 unspecified atom stereocenters. The predicted molar refractivity (Wildman–Crippen MR) is 130 cm³/mol. The molecule has 0 aliphatic heterocycles. The molecule has 0 amide bonds. The highest BCUT2D eigenvalue weighted by Gasteiger charge is 2.11. The average molecular weight is 441 g/mol. The van der Waals surface area contributed by atoms with E-state index >= 15 is 0 Å². The number of ether oxygens (including phenoxy) is 2. The monoisotopic (exact) mass is 440 g/mol. The van der Waals surface area contributed by atoms with Crippen LogP contribution in [-0.4, -0.2) is 25.2 Å². The molecule has 2 atom stereocenters. The lowest BCUT2D eigenvalue weighted by atomic mass is 10.0. The van der Waals surface area contributed by atoms with Crippen molar-refractivity contribution in [1.82, 2.24) is 0 Å². The maximum atomic E-state index is 11.9. The summed E-state index contributed by atoms with van der Waals surface area (Å²) in [4.78, 5) is 23.8. The zero-order valence-electron chi connectivity index (χ0n) is 21.2. The molecule has 0 saturated heterocycles. The normalized spacial score (nSPS) is 13.0. The molecule has 0 rings (SSSR count). The fraction of sp³-hybridized carbons (Fsp3) is 0.926. The van der Waals surface area contributed by atoms with Crippen molar-refractivity contribution >= 4 is 11.9 Å². The lowest BCUT2D eigenvalue weighted by Gasteiger charge is -2.14. The highest BCUT2D eigenvalue weighted by atomic mass is 16.5. The summed E-state index contributed by atoms with van der Waals surface area (Å²) in [5.41, 5.74) is 0. The van der Waals surface area contributed by atoms with Gasteiger partial charge in [0.2, 0.25) is 0 Å². The second kappa shape index (κ2) is 22.1. The Morgan fingerprint density at radius 1 is 0.548 bits per heavy atom. The van der Waals surface area contributed by atoms with E-state index in [0.29, 0.717) is 37.9 Å². The molecule has 0 spiro atoms. The van der Waals surface area contributed by atoms with E-state index in [1.54, 1.807) is 0 Å². The van der Waals surface area contributed by atoms with Crippen LogP contribution in [0.1, 0.15) is 137 Å². The Balaban J connectivity index is 3.52. The Kier molecular flexibility index (Phi) is 21.4. The van der Waals surface area contributed by atoms with E-state index in [1.807, 2.05) is 0 Å². The first-order valence-corrected chi connectivity index (χ1v) is 13.4. The fourth-order valence-corrected chi connectivity index (χ4v) is 3.78. The highest BCUT2D eigenvalue weighted by Crippen LogP contribution is 2.15. The maximum Gasteiger partial charge on any atom is 0.305 e. The molecule has 0 radical (unpaired) electrons. The molecule has 0 aliphatic rings. The summed E-state index contributed by atoms with van der Waals surface area (Å²) in [5.74, 6) is 0.979. The van der Waals surface area contributed by atoms with Gasteiger partial charge < -0.3 is 9.47 Å². The first-order chi connectivity index (χ1) is 15.1. The molecular weight excluding hydrogens is 388 g/mol. The molecule has 0 heterocycles. The molecule has 0 N–H and O–H groups in total. The number of esters is 2.